The highest BCUT2D eigenvalue weighted by atomic mass is 15.7. The molecule has 0 unspecified atom stereocenters. The van der Waals surface area contributed by atoms with Crippen LogP contribution in [0.25, 0.3) is 0 Å². The van der Waals surface area contributed by atoms with E-state index in [2.05, 4.69) is 82.4 Å². The number of benzene rings is 2. The lowest BCUT2D eigenvalue weighted by molar-refractivity contribution is 0.745. The maximum absolute atomic E-state index is 2.36. The number of rotatable bonds is 1. The van der Waals surface area contributed by atoms with Crippen molar-refractivity contribution in [3.05, 3.63) is 48.5 Å². The van der Waals surface area contributed by atoms with Gasteiger partial charge in [0.15, 0.2) is 0 Å². The fourth-order valence-corrected chi connectivity index (χ4v) is 3.13. The molecular weight excluding hydrogens is 272 g/mol. The van der Waals surface area contributed by atoms with Crippen molar-refractivity contribution < 1.29 is 0 Å². The van der Waals surface area contributed by atoms with Crippen LogP contribution in [0.1, 0.15) is 13.8 Å². The standard InChI is InChI=1S/C16H18N4.C2H6/c1-17-11-19(15-9-5-3-7-13(15)17)20-12-18(2)14-8-4-6-10-16(14)20;1-2/h3-10H,11-12H2,1-2H3;1-2H3. The first-order valence-corrected chi connectivity index (χ1v) is 7.91. The highest BCUT2D eigenvalue weighted by Gasteiger charge is 2.33. The van der Waals surface area contributed by atoms with Crippen molar-refractivity contribution in [3.63, 3.8) is 0 Å². The Morgan fingerprint density at radius 1 is 0.591 bits per heavy atom. The van der Waals surface area contributed by atoms with Gasteiger partial charge in [-0.1, -0.05) is 38.1 Å². The van der Waals surface area contributed by atoms with E-state index in [1.165, 1.54) is 22.7 Å². The van der Waals surface area contributed by atoms with E-state index in [1.807, 2.05) is 13.8 Å². The van der Waals surface area contributed by atoms with Gasteiger partial charge in [0.25, 0.3) is 0 Å². The Morgan fingerprint density at radius 2 is 0.909 bits per heavy atom. The zero-order valence-electron chi connectivity index (χ0n) is 13.8. The van der Waals surface area contributed by atoms with Crippen LogP contribution in [-0.2, 0) is 0 Å². The third-order valence-electron chi connectivity index (χ3n) is 4.13. The highest BCUT2D eigenvalue weighted by Crippen LogP contribution is 2.42. The number of anilines is 4. The third-order valence-corrected chi connectivity index (χ3v) is 4.13. The van der Waals surface area contributed by atoms with Crippen molar-refractivity contribution in [1.82, 2.24) is 0 Å². The van der Waals surface area contributed by atoms with Crippen molar-refractivity contribution in [2.75, 3.05) is 47.3 Å². The normalized spacial score (nSPS) is 15.5. The van der Waals surface area contributed by atoms with Crippen LogP contribution >= 0.6 is 0 Å². The first-order valence-electron chi connectivity index (χ1n) is 7.91. The van der Waals surface area contributed by atoms with E-state index in [-0.39, 0.29) is 0 Å². The predicted molar refractivity (Wildman–Crippen MR) is 95.7 cm³/mol. The quantitative estimate of drug-likeness (QED) is 0.794. The largest absolute Gasteiger partial charge is 0.354 e. The van der Waals surface area contributed by atoms with Crippen molar-refractivity contribution in [3.8, 4) is 0 Å². The lowest BCUT2D eigenvalue weighted by Crippen LogP contribution is -2.45. The molecule has 116 valence electrons. The summed E-state index contributed by atoms with van der Waals surface area (Å²) in [5, 5.41) is 4.72. The van der Waals surface area contributed by atoms with Gasteiger partial charge in [-0.2, -0.15) is 0 Å². The molecule has 0 N–H and O–H groups in total. The molecule has 0 spiro atoms. The summed E-state index contributed by atoms with van der Waals surface area (Å²) in [6, 6.07) is 17.2. The van der Waals surface area contributed by atoms with Crippen LogP contribution in [0.5, 0.6) is 0 Å². The first kappa shape index (κ1) is 14.6. The van der Waals surface area contributed by atoms with E-state index >= 15 is 0 Å². The molecule has 0 saturated carbocycles. The van der Waals surface area contributed by atoms with Crippen LogP contribution in [0, 0.1) is 0 Å². The first-order chi connectivity index (χ1) is 10.8. The van der Waals surface area contributed by atoms with Gasteiger partial charge in [0.1, 0.15) is 13.3 Å². The Labute approximate surface area is 133 Å². The molecule has 0 aromatic heterocycles. The van der Waals surface area contributed by atoms with Crippen LogP contribution < -0.4 is 19.8 Å². The smallest absolute Gasteiger partial charge is 0.110 e. The molecule has 0 fully saturated rings. The molecule has 2 aliphatic rings. The SMILES string of the molecule is CC.CN1CN(N2CN(C)c3ccccc32)c2ccccc21. The van der Waals surface area contributed by atoms with E-state index in [1.54, 1.807) is 0 Å². The van der Waals surface area contributed by atoms with E-state index in [4.69, 9.17) is 0 Å². The molecule has 2 aromatic rings. The van der Waals surface area contributed by atoms with Gasteiger partial charge in [-0.3, -0.25) is 10.0 Å². The van der Waals surface area contributed by atoms with Gasteiger partial charge in [0.05, 0.1) is 22.7 Å². The lowest BCUT2D eigenvalue weighted by atomic mass is 10.2. The monoisotopic (exact) mass is 296 g/mol. The Bertz CT molecular complexity index is 598. The zero-order valence-corrected chi connectivity index (χ0v) is 13.8. The van der Waals surface area contributed by atoms with E-state index in [0.29, 0.717) is 0 Å². The van der Waals surface area contributed by atoms with Gasteiger partial charge in [0, 0.05) is 14.1 Å². The molecule has 2 heterocycles. The van der Waals surface area contributed by atoms with Crippen LogP contribution in [0.2, 0.25) is 0 Å². The van der Waals surface area contributed by atoms with Crippen molar-refractivity contribution >= 4 is 22.7 Å². The van der Waals surface area contributed by atoms with E-state index in [9.17, 15) is 0 Å². The van der Waals surface area contributed by atoms with E-state index in [0.717, 1.165) is 13.3 Å². The number of hydrazine groups is 1. The molecule has 0 atom stereocenters. The van der Waals surface area contributed by atoms with Gasteiger partial charge in [-0.25, -0.2) is 0 Å². The maximum atomic E-state index is 2.36. The molecule has 4 nitrogen and oxygen atoms in total. The van der Waals surface area contributed by atoms with Crippen LogP contribution in [-0.4, -0.2) is 27.4 Å². The van der Waals surface area contributed by atoms with Crippen molar-refractivity contribution in [1.29, 1.82) is 0 Å². The summed E-state index contributed by atoms with van der Waals surface area (Å²) in [6.45, 7) is 5.78. The molecule has 4 rings (SSSR count). The maximum Gasteiger partial charge on any atom is 0.110 e. The fourth-order valence-electron chi connectivity index (χ4n) is 3.13. The molecule has 0 saturated heterocycles. The molecule has 22 heavy (non-hydrogen) atoms. The third kappa shape index (κ3) is 2.15. The summed E-state index contributed by atoms with van der Waals surface area (Å²) in [7, 11) is 4.29. The number of hydrogen-bond acceptors (Lipinski definition) is 4. The van der Waals surface area contributed by atoms with Crippen LogP contribution in [0.3, 0.4) is 0 Å². The Balaban J connectivity index is 0.000000693. The topological polar surface area (TPSA) is 13.0 Å². The number of fused-ring (bicyclic) bond motifs is 2. The minimum atomic E-state index is 0.890. The second-order valence-corrected chi connectivity index (χ2v) is 5.46. The summed E-state index contributed by atoms with van der Waals surface area (Å²) < 4.78 is 0. The summed E-state index contributed by atoms with van der Waals surface area (Å²) in [6.07, 6.45) is 0. The average Bonchev–Trinajstić information content (AvgIpc) is 3.08. The number of nitrogens with zero attached hydrogens (tertiary/aromatic N) is 4. The summed E-state index contributed by atoms with van der Waals surface area (Å²) in [5.74, 6) is 0. The predicted octanol–water partition coefficient (Wildman–Crippen LogP) is 3.76. The van der Waals surface area contributed by atoms with Crippen LogP contribution in [0.4, 0.5) is 22.7 Å². The second-order valence-electron chi connectivity index (χ2n) is 5.46. The minimum absolute atomic E-state index is 0.890. The Kier molecular flexibility index (Phi) is 3.84. The molecule has 2 aliphatic heterocycles. The molecule has 0 amide bonds. The van der Waals surface area contributed by atoms with Gasteiger partial charge in [0.2, 0.25) is 0 Å². The zero-order chi connectivity index (χ0) is 15.7. The second kappa shape index (κ2) is 5.79. The van der Waals surface area contributed by atoms with Crippen molar-refractivity contribution in [2.45, 2.75) is 13.8 Å². The van der Waals surface area contributed by atoms with Gasteiger partial charge >= 0.3 is 0 Å². The van der Waals surface area contributed by atoms with Gasteiger partial charge in [-0.15, -0.1) is 0 Å². The van der Waals surface area contributed by atoms with E-state index < -0.39 is 0 Å². The Morgan fingerprint density at radius 3 is 1.27 bits per heavy atom. The summed E-state index contributed by atoms with van der Waals surface area (Å²) >= 11 is 0. The summed E-state index contributed by atoms with van der Waals surface area (Å²) in [4.78, 5) is 4.58. The van der Waals surface area contributed by atoms with Gasteiger partial charge < -0.3 is 9.80 Å². The van der Waals surface area contributed by atoms with Crippen LogP contribution in [0.15, 0.2) is 48.5 Å². The molecule has 0 aliphatic carbocycles. The summed E-state index contributed by atoms with van der Waals surface area (Å²) in [5.41, 5.74) is 5.14. The Hall–Kier alpha value is -2.36. The average molecular weight is 296 g/mol. The fraction of sp³-hybridized carbons (Fsp3) is 0.333. The van der Waals surface area contributed by atoms with Gasteiger partial charge in [-0.05, 0) is 24.3 Å². The molecule has 4 heteroatoms. The lowest BCUT2D eigenvalue weighted by Gasteiger charge is -2.31. The molecule has 2 aromatic carbocycles. The van der Waals surface area contributed by atoms with Crippen molar-refractivity contribution in [2.24, 2.45) is 0 Å². The number of hydrogen-bond donors (Lipinski definition) is 0. The molecule has 0 bridgehead atoms. The number of para-hydroxylation sites is 4. The highest BCUT2D eigenvalue weighted by molar-refractivity contribution is 5.83. The molecular formula is C18H24N4. The molecule has 0 radical (unpaired) electrons. The minimum Gasteiger partial charge on any atom is -0.354 e.